The number of carbonyl (C=O) groups is 1. The van der Waals surface area contributed by atoms with Gasteiger partial charge in [-0.15, -0.1) is 0 Å². The van der Waals surface area contributed by atoms with E-state index in [0.717, 1.165) is 12.8 Å². The number of aromatic amines is 1. The van der Waals surface area contributed by atoms with Crippen molar-refractivity contribution in [2.24, 2.45) is 11.1 Å². The molecule has 1 heterocycles. The van der Waals surface area contributed by atoms with Gasteiger partial charge in [0.1, 0.15) is 0 Å². The second-order valence-electron chi connectivity index (χ2n) is 5.11. The van der Waals surface area contributed by atoms with Gasteiger partial charge >= 0.3 is 5.76 Å². The summed E-state index contributed by atoms with van der Waals surface area (Å²) in [5.41, 5.74) is 7.24. The molecule has 0 spiro atoms. The van der Waals surface area contributed by atoms with E-state index in [2.05, 4.69) is 10.3 Å². The fourth-order valence-electron chi connectivity index (χ4n) is 2.09. The molecule has 1 aromatic carbocycles. The van der Waals surface area contributed by atoms with Crippen LogP contribution in [0.15, 0.2) is 27.4 Å². The maximum atomic E-state index is 12.0. The zero-order valence-corrected chi connectivity index (χ0v) is 10.4. The van der Waals surface area contributed by atoms with E-state index in [0.29, 0.717) is 29.8 Å². The lowest BCUT2D eigenvalue weighted by molar-refractivity contribution is 0.0945. The minimum Gasteiger partial charge on any atom is -0.408 e. The molecule has 19 heavy (non-hydrogen) atoms. The lowest BCUT2D eigenvalue weighted by atomic mass is 10.1. The van der Waals surface area contributed by atoms with Crippen molar-refractivity contribution in [2.75, 3.05) is 13.1 Å². The summed E-state index contributed by atoms with van der Waals surface area (Å²) in [7, 11) is 0. The zero-order chi connectivity index (χ0) is 13.5. The zero-order valence-electron chi connectivity index (χ0n) is 10.4. The van der Waals surface area contributed by atoms with Crippen LogP contribution < -0.4 is 16.8 Å². The van der Waals surface area contributed by atoms with Crippen LogP contribution >= 0.6 is 0 Å². The van der Waals surface area contributed by atoms with Crippen LogP contribution in [0.4, 0.5) is 0 Å². The molecule has 1 aliphatic carbocycles. The average molecular weight is 261 g/mol. The van der Waals surface area contributed by atoms with Gasteiger partial charge in [-0.3, -0.25) is 9.78 Å². The van der Waals surface area contributed by atoms with Crippen molar-refractivity contribution in [3.05, 3.63) is 34.3 Å². The van der Waals surface area contributed by atoms with Crippen LogP contribution in [0, 0.1) is 5.41 Å². The summed E-state index contributed by atoms with van der Waals surface area (Å²) >= 11 is 0. The van der Waals surface area contributed by atoms with Crippen LogP contribution in [0.5, 0.6) is 0 Å². The smallest absolute Gasteiger partial charge is 0.408 e. The Kier molecular flexibility index (Phi) is 2.67. The molecule has 3 rings (SSSR count). The number of H-pyrrole nitrogens is 1. The normalized spacial score (nSPS) is 16.5. The minimum absolute atomic E-state index is 0.101. The first-order valence-corrected chi connectivity index (χ1v) is 6.23. The molecule has 0 radical (unpaired) electrons. The number of fused-ring (bicyclic) bond motifs is 1. The Labute approximate surface area is 109 Å². The van der Waals surface area contributed by atoms with Gasteiger partial charge in [-0.05, 0) is 37.6 Å². The van der Waals surface area contributed by atoms with Crippen molar-refractivity contribution in [1.82, 2.24) is 10.3 Å². The van der Waals surface area contributed by atoms with E-state index < -0.39 is 5.76 Å². The second kappa shape index (κ2) is 4.24. The summed E-state index contributed by atoms with van der Waals surface area (Å²) in [6.07, 6.45) is 2.13. The Morgan fingerprint density at radius 3 is 2.95 bits per heavy atom. The first-order chi connectivity index (χ1) is 9.12. The Hall–Kier alpha value is -2.08. The van der Waals surface area contributed by atoms with Crippen LogP contribution in [0.3, 0.4) is 0 Å². The van der Waals surface area contributed by atoms with Crippen molar-refractivity contribution in [3.8, 4) is 0 Å². The summed E-state index contributed by atoms with van der Waals surface area (Å²) < 4.78 is 4.88. The molecule has 6 heteroatoms. The molecule has 0 bridgehead atoms. The Balaban J connectivity index is 1.75. The topological polar surface area (TPSA) is 101 Å². The van der Waals surface area contributed by atoms with Gasteiger partial charge < -0.3 is 15.5 Å². The second-order valence-corrected chi connectivity index (χ2v) is 5.11. The highest BCUT2D eigenvalue weighted by Crippen LogP contribution is 2.43. The molecular weight excluding hydrogens is 246 g/mol. The summed E-state index contributed by atoms with van der Waals surface area (Å²) in [6, 6.07) is 4.85. The largest absolute Gasteiger partial charge is 0.417 e. The van der Waals surface area contributed by atoms with Gasteiger partial charge in [-0.2, -0.15) is 0 Å². The minimum atomic E-state index is -0.521. The van der Waals surface area contributed by atoms with Crippen LogP contribution in [0.1, 0.15) is 23.2 Å². The number of benzene rings is 1. The van der Waals surface area contributed by atoms with Gasteiger partial charge in [-0.25, -0.2) is 4.79 Å². The number of carbonyl (C=O) groups excluding carboxylic acids is 1. The van der Waals surface area contributed by atoms with E-state index in [4.69, 9.17) is 10.2 Å². The quantitative estimate of drug-likeness (QED) is 0.749. The average Bonchev–Trinajstić information content (AvgIpc) is 3.10. The fourth-order valence-corrected chi connectivity index (χ4v) is 2.09. The SMILES string of the molecule is NCC1(CNC(=O)c2ccc3oc(=O)[nH]c3c2)CC1. The number of rotatable bonds is 4. The Morgan fingerprint density at radius 2 is 2.26 bits per heavy atom. The Bertz CT molecular complexity index is 682. The van der Waals surface area contributed by atoms with Crippen LogP contribution in [-0.4, -0.2) is 24.0 Å². The molecule has 0 unspecified atom stereocenters. The lowest BCUT2D eigenvalue weighted by Crippen LogP contribution is -2.33. The van der Waals surface area contributed by atoms with Gasteiger partial charge in [0.05, 0.1) is 5.52 Å². The molecule has 0 aliphatic heterocycles. The first-order valence-electron chi connectivity index (χ1n) is 6.23. The highest BCUT2D eigenvalue weighted by molar-refractivity contribution is 5.97. The van der Waals surface area contributed by atoms with Crippen molar-refractivity contribution in [1.29, 1.82) is 0 Å². The van der Waals surface area contributed by atoms with E-state index in [1.165, 1.54) is 0 Å². The van der Waals surface area contributed by atoms with Gasteiger partial charge in [0.15, 0.2) is 5.58 Å². The van der Waals surface area contributed by atoms with E-state index in [1.807, 2.05) is 0 Å². The predicted molar refractivity (Wildman–Crippen MR) is 69.9 cm³/mol. The number of nitrogens with one attached hydrogen (secondary N) is 2. The number of amides is 1. The summed E-state index contributed by atoms with van der Waals surface area (Å²) in [5, 5.41) is 2.88. The maximum Gasteiger partial charge on any atom is 0.417 e. The van der Waals surface area contributed by atoms with Crippen molar-refractivity contribution in [2.45, 2.75) is 12.8 Å². The summed E-state index contributed by atoms with van der Waals surface area (Å²) in [4.78, 5) is 25.6. The molecule has 1 amide bonds. The lowest BCUT2D eigenvalue weighted by Gasteiger charge is -2.13. The van der Waals surface area contributed by atoms with Crippen molar-refractivity contribution < 1.29 is 9.21 Å². The Morgan fingerprint density at radius 1 is 1.47 bits per heavy atom. The molecule has 0 saturated heterocycles. The standard InChI is InChI=1S/C13H15N3O3/c14-6-13(3-4-13)7-15-11(17)8-1-2-10-9(5-8)16-12(18)19-10/h1-2,5H,3-4,6-7,14H2,(H,15,17)(H,16,18). The van der Waals surface area contributed by atoms with Crippen LogP contribution in [0.2, 0.25) is 0 Å². The van der Waals surface area contributed by atoms with Gasteiger partial charge in [0, 0.05) is 17.5 Å². The summed E-state index contributed by atoms with van der Waals surface area (Å²) in [5.74, 6) is -0.684. The fraction of sp³-hybridized carbons (Fsp3) is 0.385. The van der Waals surface area contributed by atoms with E-state index in [-0.39, 0.29) is 11.3 Å². The number of aromatic nitrogens is 1. The molecule has 6 nitrogen and oxygen atoms in total. The van der Waals surface area contributed by atoms with Crippen LogP contribution in [0.25, 0.3) is 11.1 Å². The third-order valence-corrected chi connectivity index (χ3v) is 3.70. The first kappa shape index (κ1) is 12.0. The van der Waals surface area contributed by atoms with Crippen molar-refractivity contribution >= 4 is 17.0 Å². The van der Waals surface area contributed by atoms with Crippen LogP contribution in [-0.2, 0) is 0 Å². The van der Waals surface area contributed by atoms with E-state index in [1.54, 1.807) is 18.2 Å². The molecule has 2 aromatic rings. The van der Waals surface area contributed by atoms with Gasteiger partial charge in [0.2, 0.25) is 0 Å². The molecule has 0 atom stereocenters. The molecule has 1 fully saturated rings. The highest BCUT2D eigenvalue weighted by Gasteiger charge is 2.41. The maximum absolute atomic E-state index is 12.0. The van der Waals surface area contributed by atoms with E-state index >= 15 is 0 Å². The number of hydrogen-bond donors (Lipinski definition) is 3. The third kappa shape index (κ3) is 2.26. The highest BCUT2D eigenvalue weighted by atomic mass is 16.4. The van der Waals surface area contributed by atoms with Gasteiger partial charge in [-0.1, -0.05) is 0 Å². The predicted octanol–water partition coefficient (Wildman–Crippen LogP) is 0.590. The van der Waals surface area contributed by atoms with Crippen molar-refractivity contribution in [3.63, 3.8) is 0 Å². The molecule has 100 valence electrons. The molecule has 1 aromatic heterocycles. The molecule has 1 aliphatic rings. The monoisotopic (exact) mass is 261 g/mol. The third-order valence-electron chi connectivity index (χ3n) is 3.70. The molecule has 4 N–H and O–H groups in total. The number of oxazole rings is 1. The van der Waals surface area contributed by atoms with Gasteiger partial charge in [0.25, 0.3) is 5.91 Å². The van der Waals surface area contributed by atoms with E-state index in [9.17, 15) is 9.59 Å². The number of nitrogens with two attached hydrogens (primary N) is 1. The molecular formula is C13H15N3O3. The summed E-state index contributed by atoms with van der Waals surface area (Å²) in [6.45, 7) is 1.20. The number of hydrogen-bond acceptors (Lipinski definition) is 4. The molecule has 1 saturated carbocycles.